The Labute approximate surface area is 158 Å². The van der Waals surface area contributed by atoms with Crippen LogP contribution in [0.4, 0.5) is 5.69 Å². The molecule has 0 aliphatic carbocycles. The normalized spacial score (nSPS) is 13.5. The molecule has 0 spiro atoms. The molecule has 1 aromatic carbocycles. The molecule has 7 heteroatoms. The molecule has 0 fully saturated rings. The molecule has 0 radical (unpaired) electrons. The van der Waals surface area contributed by atoms with E-state index in [9.17, 15) is 4.79 Å². The fraction of sp³-hybridized carbons (Fsp3) is 0.100. The molecule has 6 nitrogen and oxygen atoms in total. The monoisotopic (exact) mass is 371 g/mol. The van der Waals surface area contributed by atoms with E-state index in [2.05, 4.69) is 26.5 Å². The number of pyridine rings is 1. The molecule has 0 atom stereocenters. The summed E-state index contributed by atoms with van der Waals surface area (Å²) in [5, 5.41) is 8.34. The van der Waals surface area contributed by atoms with Gasteiger partial charge in [0.2, 0.25) is 5.82 Å². The van der Waals surface area contributed by atoms with E-state index in [-0.39, 0.29) is 5.91 Å². The highest BCUT2D eigenvalue weighted by Gasteiger charge is 2.22. The van der Waals surface area contributed by atoms with Gasteiger partial charge in [-0.3, -0.25) is 4.79 Å². The number of nitrogens with one attached hydrogen (secondary N) is 2. The van der Waals surface area contributed by atoms with Crippen LogP contribution in [0.3, 0.4) is 0 Å². The second-order valence-corrected chi connectivity index (χ2v) is 7.15. The van der Waals surface area contributed by atoms with Crippen molar-refractivity contribution in [3.63, 3.8) is 0 Å². The van der Waals surface area contributed by atoms with E-state index in [1.54, 1.807) is 12.3 Å². The first-order chi connectivity index (χ1) is 13.2. The standard InChI is InChI=1S/C20H13N5OS/c1-2-16-21-8-7-14(25-16)13-4-3-11-12(24-13)5-6-15-17(11)18-19(27-15)20(26)23-10-9-22-18/h1,3-8,22H,9-10H2,(H,23,26). The molecule has 3 aromatic heterocycles. The van der Waals surface area contributed by atoms with Gasteiger partial charge in [-0.1, -0.05) is 0 Å². The first-order valence-corrected chi connectivity index (χ1v) is 9.24. The van der Waals surface area contributed by atoms with E-state index in [4.69, 9.17) is 11.4 Å². The Balaban J connectivity index is 1.73. The lowest BCUT2D eigenvalue weighted by Crippen LogP contribution is -2.24. The minimum absolute atomic E-state index is 0.0308. The Morgan fingerprint density at radius 2 is 1.89 bits per heavy atom. The Hall–Kier alpha value is -3.50. The molecule has 1 aliphatic heterocycles. The number of nitrogens with zero attached hydrogens (tertiary/aromatic N) is 3. The third-order valence-electron chi connectivity index (χ3n) is 4.49. The molecule has 2 N–H and O–H groups in total. The van der Waals surface area contributed by atoms with E-state index in [0.29, 0.717) is 29.5 Å². The number of carbonyl (C=O) groups is 1. The summed E-state index contributed by atoms with van der Waals surface area (Å²) in [5.74, 6) is 2.75. The number of hydrogen-bond acceptors (Lipinski definition) is 6. The van der Waals surface area contributed by atoms with Crippen molar-refractivity contribution in [2.24, 2.45) is 0 Å². The zero-order valence-corrected chi connectivity index (χ0v) is 14.9. The van der Waals surface area contributed by atoms with Crippen LogP contribution in [0.25, 0.3) is 32.4 Å². The average molecular weight is 371 g/mol. The number of rotatable bonds is 1. The van der Waals surface area contributed by atoms with Crippen LogP contribution in [-0.4, -0.2) is 33.9 Å². The van der Waals surface area contributed by atoms with Gasteiger partial charge in [0.1, 0.15) is 4.88 Å². The van der Waals surface area contributed by atoms with E-state index < -0.39 is 0 Å². The quantitative estimate of drug-likeness (QED) is 0.503. The molecule has 1 amide bonds. The number of benzene rings is 1. The maximum atomic E-state index is 12.3. The number of carbonyl (C=O) groups excluding carboxylic acids is 1. The number of terminal acetylenes is 1. The van der Waals surface area contributed by atoms with Crippen LogP contribution in [-0.2, 0) is 0 Å². The molecule has 0 saturated carbocycles. The first kappa shape index (κ1) is 15.7. The fourth-order valence-electron chi connectivity index (χ4n) is 3.29. The Morgan fingerprint density at radius 3 is 2.78 bits per heavy atom. The first-order valence-electron chi connectivity index (χ1n) is 8.43. The number of amides is 1. The lowest BCUT2D eigenvalue weighted by Gasteiger charge is -2.07. The lowest BCUT2D eigenvalue weighted by atomic mass is 10.1. The van der Waals surface area contributed by atoms with Gasteiger partial charge < -0.3 is 10.6 Å². The minimum Gasteiger partial charge on any atom is -0.381 e. The van der Waals surface area contributed by atoms with E-state index in [0.717, 1.165) is 32.4 Å². The topological polar surface area (TPSA) is 79.8 Å². The molecule has 0 saturated heterocycles. The van der Waals surface area contributed by atoms with E-state index in [1.165, 1.54) is 11.3 Å². The SMILES string of the molecule is C#Cc1nccc(-c2ccc3c(ccc4sc5c(c43)NCCNC5=O)n2)n1. The van der Waals surface area contributed by atoms with Crippen molar-refractivity contribution in [1.29, 1.82) is 0 Å². The Bertz CT molecular complexity index is 1270. The number of anilines is 1. The molecule has 27 heavy (non-hydrogen) atoms. The molecular weight excluding hydrogens is 358 g/mol. The van der Waals surface area contributed by atoms with Gasteiger partial charge in [-0.15, -0.1) is 17.8 Å². The second kappa shape index (κ2) is 6.04. The lowest BCUT2D eigenvalue weighted by molar-refractivity contribution is 0.0962. The van der Waals surface area contributed by atoms with Gasteiger partial charge in [-0.05, 0) is 36.3 Å². The molecule has 4 heterocycles. The third kappa shape index (κ3) is 2.50. The van der Waals surface area contributed by atoms with Crippen LogP contribution >= 0.6 is 11.3 Å². The second-order valence-electron chi connectivity index (χ2n) is 6.10. The highest BCUT2D eigenvalue weighted by atomic mass is 32.1. The van der Waals surface area contributed by atoms with Gasteiger partial charge >= 0.3 is 0 Å². The molecule has 5 rings (SSSR count). The zero-order chi connectivity index (χ0) is 18.4. The zero-order valence-electron chi connectivity index (χ0n) is 14.1. The van der Waals surface area contributed by atoms with Crippen molar-refractivity contribution in [1.82, 2.24) is 20.3 Å². The van der Waals surface area contributed by atoms with Crippen LogP contribution in [0.15, 0.2) is 36.5 Å². The van der Waals surface area contributed by atoms with Gasteiger partial charge in [-0.2, -0.15) is 0 Å². The fourth-order valence-corrected chi connectivity index (χ4v) is 4.40. The van der Waals surface area contributed by atoms with Crippen LogP contribution in [0.5, 0.6) is 0 Å². The predicted octanol–water partition coefficient (Wildman–Crippen LogP) is 3.04. The van der Waals surface area contributed by atoms with Crippen molar-refractivity contribution in [2.45, 2.75) is 0 Å². The smallest absolute Gasteiger partial charge is 0.263 e. The highest BCUT2D eigenvalue weighted by molar-refractivity contribution is 7.21. The molecule has 0 unspecified atom stereocenters. The van der Waals surface area contributed by atoms with Crippen molar-refractivity contribution >= 4 is 43.9 Å². The van der Waals surface area contributed by atoms with Gasteiger partial charge in [-0.25, -0.2) is 15.0 Å². The summed E-state index contributed by atoms with van der Waals surface area (Å²) in [6.07, 6.45) is 7.03. The maximum Gasteiger partial charge on any atom is 0.263 e. The molecule has 130 valence electrons. The largest absolute Gasteiger partial charge is 0.381 e. The van der Waals surface area contributed by atoms with Crippen LogP contribution in [0.2, 0.25) is 0 Å². The van der Waals surface area contributed by atoms with E-state index in [1.807, 2.05) is 24.3 Å². The predicted molar refractivity (Wildman–Crippen MR) is 107 cm³/mol. The maximum absolute atomic E-state index is 12.3. The van der Waals surface area contributed by atoms with E-state index >= 15 is 0 Å². The van der Waals surface area contributed by atoms with Crippen LogP contribution in [0.1, 0.15) is 15.5 Å². The van der Waals surface area contributed by atoms with Crippen molar-refractivity contribution in [3.05, 3.63) is 47.2 Å². The molecule has 4 aromatic rings. The molecular formula is C20H13N5OS. The van der Waals surface area contributed by atoms with Crippen LogP contribution < -0.4 is 10.6 Å². The number of hydrogen-bond donors (Lipinski definition) is 2. The summed E-state index contributed by atoms with van der Waals surface area (Å²) >= 11 is 1.50. The van der Waals surface area contributed by atoms with Gasteiger partial charge in [0.15, 0.2) is 0 Å². The van der Waals surface area contributed by atoms with Gasteiger partial charge in [0.25, 0.3) is 5.91 Å². The summed E-state index contributed by atoms with van der Waals surface area (Å²) in [5.41, 5.74) is 3.14. The van der Waals surface area contributed by atoms with Crippen molar-refractivity contribution in [3.8, 4) is 23.7 Å². The average Bonchev–Trinajstić information content (AvgIpc) is 3.00. The summed E-state index contributed by atoms with van der Waals surface area (Å²) in [6, 6.07) is 9.71. The molecule has 0 bridgehead atoms. The Morgan fingerprint density at radius 1 is 1.04 bits per heavy atom. The van der Waals surface area contributed by atoms with Gasteiger partial charge in [0, 0.05) is 34.8 Å². The summed E-state index contributed by atoms with van der Waals surface area (Å²) in [4.78, 5) is 26.2. The minimum atomic E-state index is -0.0308. The summed E-state index contributed by atoms with van der Waals surface area (Å²) in [7, 11) is 0. The summed E-state index contributed by atoms with van der Waals surface area (Å²) < 4.78 is 1.06. The van der Waals surface area contributed by atoms with Crippen molar-refractivity contribution in [2.75, 3.05) is 18.4 Å². The Kier molecular flexibility index (Phi) is 3.52. The van der Waals surface area contributed by atoms with Crippen LogP contribution in [0, 0.1) is 12.3 Å². The number of thiophene rings is 1. The molecule has 1 aliphatic rings. The highest BCUT2D eigenvalue weighted by Crippen LogP contribution is 2.40. The third-order valence-corrected chi connectivity index (χ3v) is 5.64. The number of aromatic nitrogens is 3. The van der Waals surface area contributed by atoms with Crippen molar-refractivity contribution < 1.29 is 4.79 Å². The van der Waals surface area contributed by atoms with Gasteiger partial charge in [0.05, 0.1) is 22.6 Å². The number of fused-ring (bicyclic) bond motifs is 5. The summed E-state index contributed by atoms with van der Waals surface area (Å²) in [6.45, 7) is 1.31.